The van der Waals surface area contributed by atoms with Crippen molar-refractivity contribution in [2.24, 2.45) is 33.5 Å². The van der Waals surface area contributed by atoms with Gasteiger partial charge in [0.15, 0.2) is 41.1 Å². The maximum Gasteiger partial charge on any atom is 0.408 e. The van der Waals surface area contributed by atoms with Crippen LogP contribution in [0.25, 0.3) is 0 Å². The predicted octanol–water partition coefficient (Wildman–Crippen LogP) is 6.65. The van der Waals surface area contributed by atoms with E-state index in [1.165, 1.54) is 52.0 Å². The van der Waals surface area contributed by atoms with Crippen molar-refractivity contribution >= 4 is 65.4 Å². The van der Waals surface area contributed by atoms with Gasteiger partial charge in [0.1, 0.15) is 59.5 Å². The molecule has 636 valence electrons. The number of hydrogen-bond acceptors (Lipinski definition) is 28. The lowest BCUT2D eigenvalue weighted by atomic mass is 9.44. The van der Waals surface area contributed by atoms with Crippen LogP contribution in [-0.2, 0) is 85.7 Å². The fourth-order valence-corrected chi connectivity index (χ4v) is 19.3. The zero-order valence-corrected chi connectivity index (χ0v) is 68.8. The first kappa shape index (κ1) is 88.9. The van der Waals surface area contributed by atoms with Crippen LogP contribution in [0.3, 0.4) is 0 Å². The molecule has 4 bridgehead atoms. The maximum absolute atomic E-state index is 15.4. The number of hydrogen-bond donors (Lipinski definition) is 9. The van der Waals surface area contributed by atoms with Crippen LogP contribution in [0, 0.1) is 33.5 Å². The average molecular weight is 1640 g/mol. The normalized spacial score (nSPS) is 33.3. The molecule has 118 heavy (non-hydrogen) atoms. The number of allylic oxidation sites excluding steroid dienone is 1. The van der Waals surface area contributed by atoms with Crippen LogP contribution in [0.5, 0.6) is 0 Å². The van der Waals surface area contributed by atoms with Crippen LogP contribution < -0.4 is 10.6 Å². The first-order chi connectivity index (χ1) is 55.1. The summed E-state index contributed by atoms with van der Waals surface area (Å²) in [6.45, 7) is 23.0. The molecule has 0 spiro atoms. The summed E-state index contributed by atoms with van der Waals surface area (Å²) in [6, 6.07) is 29.4. The van der Waals surface area contributed by atoms with E-state index in [0.717, 1.165) is 20.8 Å². The minimum Gasteiger partial charge on any atom is -0.456 e. The van der Waals surface area contributed by atoms with Crippen LogP contribution >= 0.6 is 0 Å². The molecule has 0 aromatic heterocycles. The van der Waals surface area contributed by atoms with Gasteiger partial charge in [0.05, 0.1) is 71.3 Å². The summed E-state index contributed by atoms with van der Waals surface area (Å²) in [4.78, 5) is 152. The molecule has 30 nitrogen and oxygen atoms in total. The highest BCUT2D eigenvalue weighted by Gasteiger charge is 2.81. The molecule has 4 aromatic carbocycles. The molecule has 2 saturated heterocycles. The van der Waals surface area contributed by atoms with E-state index in [4.69, 9.17) is 47.4 Å². The molecule has 9 N–H and O–H groups in total. The highest BCUT2D eigenvalue weighted by molar-refractivity contribution is 5.97. The number of rotatable bonds is 18. The van der Waals surface area contributed by atoms with Gasteiger partial charge in [-0.25, -0.2) is 24.0 Å². The molecule has 6 aliphatic carbocycles. The number of esters is 7. The number of fused-ring (bicyclic) bond motifs is 10. The molecular weight excluding hydrogens is 1530 g/mol. The number of nitrogens with one attached hydrogen (secondary N) is 2. The number of aliphatic hydroxyl groups excluding tert-OH is 5. The van der Waals surface area contributed by atoms with Gasteiger partial charge < -0.3 is 93.7 Å². The van der Waals surface area contributed by atoms with E-state index in [1.54, 1.807) is 165 Å². The monoisotopic (exact) mass is 1640 g/mol. The van der Waals surface area contributed by atoms with Crippen LogP contribution in [0.15, 0.2) is 155 Å². The number of carbonyl (C=O) groups excluding carboxylic acids is 11. The summed E-state index contributed by atoms with van der Waals surface area (Å²) in [5.41, 5.74) is -15.0. The summed E-state index contributed by atoms with van der Waals surface area (Å²) in [6.07, 6.45) is -20.4. The second-order valence-electron chi connectivity index (χ2n) is 34.5. The number of alkyl carbamates (subject to hydrolysis) is 1. The molecule has 1 unspecified atom stereocenters. The van der Waals surface area contributed by atoms with E-state index in [1.807, 2.05) is 0 Å². The highest BCUT2D eigenvalue weighted by atomic mass is 16.7. The quantitative estimate of drug-likeness (QED) is 0.0218. The number of amides is 2. The second kappa shape index (κ2) is 33.0. The summed E-state index contributed by atoms with van der Waals surface area (Å²) in [7, 11) is 0. The Kier molecular flexibility index (Phi) is 24.9. The van der Waals surface area contributed by atoms with Crippen LogP contribution in [0.4, 0.5) is 4.79 Å². The Bertz CT molecular complexity index is 4670. The fourth-order valence-electron chi connectivity index (χ4n) is 19.3. The second-order valence-corrected chi connectivity index (χ2v) is 34.5. The van der Waals surface area contributed by atoms with Crippen molar-refractivity contribution in [1.82, 2.24) is 10.6 Å². The number of ether oxygens (including phenoxy) is 10. The third kappa shape index (κ3) is 15.5. The molecule has 30 heteroatoms. The molecule has 0 radical (unpaired) electrons. The lowest BCUT2D eigenvalue weighted by molar-refractivity contribution is -0.346. The first-order valence-electron chi connectivity index (χ1n) is 39.3. The third-order valence-electron chi connectivity index (χ3n) is 25.8. The SMILES string of the molecule is C/C=C(\C)C(=O)N[C@@H](c1ccccc1)[C@@H](O)C(=O)O[C@H]1C[C@@]2(O)[C@@H](OC(=O)c3ccccc3)[C@@H]3[C@]4(OC(C)=O)CO[C@@H]4C[C@H](O)[C@@]3(C)C(=O)[C@H](OC(C)=O)C(=C1C)C2(C)C.CC(=O)O[C@@]12CO[C@@H]1C[C@H](O)[C@@]1(C)C(=O)[C@H](O)C3=C(C)[C@@H](OC(=O)C(O)[C@@H](NC(=O)OC(C)(C)C)c4ccccc4)C[C@@](O)([C@@H](OC(=O)c4ccccc4)[C@H]21)C3(C)C. The average Bonchev–Trinajstić information content (AvgIpc) is 0.673. The van der Waals surface area contributed by atoms with Gasteiger partial charge in [-0.2, -0.15) is 0 Å². The van der Waals surface area contributed by atoms with E-state index < -0.39 is 225 Å². The Labute approximate surface area is 682 Å². The minimum absolute atomic E-state index is 0.00140. The largest absolute Gasteiger partial charge is 0.456 e. The van der Waals surface area contributed by atoms with Gasteiger partial charge in [0.2, 0.25) is 5.91 Å². The Morgan fingerprint density at radius 3 is 1.25 bits per heavy atom. The van der Waals surface area contributed by atoms with Crippen molar-refractivity contribution in [3.63, 3.8) is 0 Å². The molecule has 22 atom stereocenters. The Morgan fingerprint density at radius 1 is 0.517 bits per heavy atom. The summed E-state index contributed by atoms with van der Waals surface area (Å²) < 4.78 is 59.7. The topological polar surface area (TPSA) is 446 Å². The van der Waals surface area contributed by atoms with E-state index >= 15 is 4.79 Å². The predicted molar refractivity (Wildman–Crippen MR) is 415 cm³/mol. The van der Waals surface area contributed by atoms with Crippen molar-refractivity contribution in [3.05, 3.63) is 178 Å². The Balaban J connectivity index is 0.000000232. The maximum atomic E-state index is 15.4. The van der Waals surface area contributed by atoms with Gasteiger partial charge >= 0.3 is 47.9 Å². The molecule has 4 saturated carbocycles. The molecule has 2 amide bonds. The van der Waals surface area contributed by atoms with E-state index in [0.29, 0.717) is 16.7 Å². The zero-order valence-electron chi connectivity index (χ0n) is 68.8. The van der Waals surface area contributed by atoms with Crippen LogP contribution in [0.1, 0.15) is 180 Å². The van der Waals surface area contributed by atoms with E-state index in [-0.39, 0.29) is 59.5 Å². The molecule has 2 heterocycles. The standard InChI is InChI=1S/C45H53NO14.C43H53NO14/c1-9-23(2)39(52)46-33(27-16-12-10-13-17-27)34(50)41(54)58-29-21-45(55)38(59-40(53)28-18-14-11-15-19-28)36-43(8,30(49)20-31-44(36,22-56-31)60-26(5)48)37(51)35(57-25(4)47)32(24(29)3)42(45,6)7;1-22-26(55-37(51)32(48)30(24-15-11-9-12-16-24)44-38(52)58-39(3,4)5)20-43(53)35(56-36(50)25-17-13-10-14-18-25)33-41(8,34(49)31(47)29(22)40(43,6)7)27(46)19-28-42(33,21-54-28)57-23(2)45/h9-19,29-31,33-36,38,49-50,55H,20-22H2,1-8H3,(H,46,52);9-18,26-28,30-33,35,46-48,53H,19-21H2,1-8H3,(H,44,52)/b23-9+;/t29-,30-,31+,33-,34+,35+,36-,38-,43+,44-,45+;26-,27-,28+,30-,31+,32?,33-,35-,41+,42-,43+/m00/s1. The molecule has 8 aliphatic rings. The third-order valence-corrected chi connectivity index (χ3v) is 25.8. The van der Waals surface area contributed by atoms with Gasteiger partial charge in [-0.1, -0.05) is 131 Å². The number of benzene rings is 4. The molecule has 2 aliphatic heterocycles. The summed E-state index contributed by atoms with van der Waals surface area (Å²) in [5.74, 6) is -12.1. The number of carbonyl (C=O) groups is 11. The summed E-state index contributed by atoms with van der Waals surface area (Å²) in [5, 5.41) is 91.6. The molecule has 4 aromatic rings. The lowest BCUT2D eigenvalue weighted by Gasteiger charge is -2.67. The van der Waals surface area contributed by atoms with Gasteiger partial charge in [0.25, 0.3) is 0 Å². The fraction of sp³-hybridized carbons (Fsp3) is 0.534. The smallest absolute Gasteiger partial charge is 0.408 e. The first-order valence-corrected chi connectivity index (χ1v) is 39.3. The van der Waals surface area contributed by atoms with Gasteiger partial charge in [-0.15, -0.1) is 0 Å². The number of ketones is 2. The van der Waals surface area contributed by atoms with Gasteiger partial charge in [-0.3, -0.25) is 28.8 Å². The molecule has 6 fully saturated rings. The highest BCUT2D eigenvalue weighted by Crippen LogP contribution is 2.67. The molecular formula is C88H106N2O28. The zero-order chi connectivity index (χ0) is 86.9. The van der Waals surface area contributed by atoms with Gasteiger partial charge in [0, 0.05) is 62.9 Å². The number of Topliss-reactive ketones (excluding diaryl/α,β-unsaturated/α-hetero) is 2. The van der Waals surface area contributed by atoms with E-state index in [9.17, 15) is 83.7 Å². The molecule has 12 rings (SSSR count). The van der Waals surface area contributed by atoms with Gasteiger partial charge in [-0.05, 0) is 120 Å². The van der Waals surface area contributed by atoms with E-state index in [2.05, 4.69) is 10.6 Å². The lowest BCUT2D eigenvalue weighted by Crippen LogP contribution is -2.82. The van der Waals surface area contributed by atoms with Crippen molar-refractivity contribution in [1.29, 1.82) is 0 Å². The van der Waals surface area contributed by atoms with Crippen molar-refractivity contribution < 1.29 is 136 Å². The minimum atomic E-state index is -2.38. The number of aliphatic hydroxyl groups is 7. The Hall–Kier alpha value is -9.89. The van der Waals surface area contributed by atoms with Crippen LogP contribution in [0.2, 0.25) is 0 Å². The summed E-state index contributed by atoms with van der Waals surface area (Å²) >= 11 is 0. The van der Waals surface area contributed by atoms with Crippen molar-refractivity contribution in [3.8, 4) is 0 Å². The Morgan fingerprint density at radius 2 is 0.890 bits per heavy atom. The van der Waals surface area contributed by atoms with Crippen molar-refractivity contribution in [2.45, 2.75) is 250 Å². The van der Waals surface area contributed by atoms with Crippen molar-refractivity contribution in [2.75, 3.05) is 13.2 Å². The van der Waals surface area contributed by atoms with Crippen LogP contribution in [-0.4, -0.2) is 216 Å².